The highest BCUT2D eigenvalue weighted by Gasteiger charge is 2.33. The molecule has 4 heteroatoms. The summed E-state index contributed by atoms with van der Waals surface area (Å²) in [4.78, 5) is 21.0. The van der Waals surface area contributed by atoms with Gasteiger partial charge in [-0.1, -0.05) is 0 Å². The summed E-state index contributed by atoms with van der Waals surface area (Å²) in [5.74, 6) is -1.06. The van der Waals surface area contributed by atoms with E-state index < -0.39 is 18.0 Å². The maximum Gasteiger partial charge on any atom is 0.343 e. The van der Waals surface area contributed by atoms with Gasteiger partial charge in [0.05, 0.1) is 6.42 Å². The number of hydrogen-bond donors (Lipinski definition) is 0. The van der Waals surface area contributed by atoms with Crippen LogP contribution in [-0.2, 0) is 19.1 Å². The van der Waals surface area contributed by atoms with E-state index >= 15 is 0 Å². The van der Waals surface area contributed by atoms with Crippen LogP contribution in [0.15, 0.2) is 0 Å². The standard InChI is InChI=1S/C6H8O4/c1-2-9-4-3-5(7)10-6(4)8/h4H,2-3H2,1H3/t4-/m1/s1. The van der Waals surface area contributed by atoms with Gasteiger partial charge in [-0.3, -0.25) is 4.79 Å². The second-order valence-electron chi connectivity index (χ2n) is 1.94. The maximum absolute atomic E-state index is 10.6. The predicted octanol–water partition coefficient (Wildman–Crippen LogP) is -0.135. The number of cyclic esters (lactones) is 2. The molecular formula is C6H8O4. The molecule has 0 bridgehead atoms. The lowest BCUT2D eigenvalue weighted by Gasteiger charge is -2.01. The zero-order valence-electron chi connectivity index (χ0n) is 5.62. The Hall–Kier alpha value is -0.900. The van der Waals surface area contributed by atoms with E-state index in [1.165, 1.54) is 0 Å². The zero-order chi connectivity index (χ0) is 7.56. The normalized spacial score (nSPS) is 25.1. The fourth-order valence-corrected chi connectivity index (χ4v) is 0.782. The van der Waals surface area contributed by atoms with Crippen molar-refractivity contribution in [2.45, 2.75) is 19.4 Å². The number of hydrogen-bond acceptors (Lipinski definition) is 4. The van der Waals surface area contributed by atoms with Gasteiger partial charge in [-0.15, -0.1) is 0 Å². The third kappa shape index (κ3) is 1.33. The summed E-state index contributed by atoms with van der Waals surface area (Å²) in [5, 5.41) is 0. The second kappa shape index (κ2) is 2.79. The molecule has 1 aliphatic rings. The molecular weight excluding hydrogens is 136 g/mol. The molecule has 1 atom stereocenters. The highest BCUT2D eigenvalue weighted by molar-refractivity contribution is 5.96. The molecule has 4 nitrogen and oxygen atoms in total. The van der Waals surface area contributed by atoms with Gasteiger partial charge in [-0.2, -0.15) is 0 Å². The lowest BCUT2D eigenvalue weighted by molar-refractivity contribution is -0.155. The smallest absolute Gasteiger partial charge is 0.343 e. The van der Waals surface area contributed by atoms with E-state index in [0.717, 1.165) is 0 Å². The van der Waals surface area contributed by atoms with Crippen molar-refractivity contribution < 1.29 is 19.1 Å². The van der Waals surface area contributed by atoms with Crippen LogP contribution in [0.3, 0.4) is 0 Å². The Kier molecular flexibility index (Phi) is 2.01. The number of esters is 2. The van der Waals surface area contributed by atoms with E-state index in [0.29, 0.717) is 6.61 Å². The largest absolute Gasteiger partial charge is 0.391 e. The molecule has 10 heavy (non-hydrogen) atoms. The minimum Gasteiger partial charge on any atom is -0.391 e. The number of carbonyl (C=O) groups excluding carboxylic acids is 2. The Morgan fingerprint density at radius 3 is 2.80 bits per heavy atom. The SMILES string of the molecule is CCO[C@@H]1CC(=O)OC1=O. The van der Waals surface area contributed by atoms with E-state index in [1.807, 2.05) is 0 Å². The first-order valence-electron chi connectivity index (χ1n) is 3.10. The molecule has 1 fully saturated rings. The molecule has 1 heterocycles. The van der Waals surface area contributed by atoms with Crippen molar-refractivity contribution in [3.63, 3.8) is 0 Å². The molecule has 0 unspecified atom stereocenters. The van der Waals surface area contributed by atoms with Crippen molar-refractivity contribution in [2.75, 3.05) is 6.61 Å². The van der Waals surface area contributed by atoms with E-state index in [-0.39, 0.29) is 6.42 Å². The molecule has 0 radical (unpaired) electrons. The van der Waals surface area contributed by atoms with Gasteiger partial charge in [-0.25, -0.2) is 4.79 Å². The summed E-state index contributed by atoms with van der Waals surface area (Å²) < 4.78 is 9.11. The second-order valence-corrected chi connectivity index (χ2v) is 1.94. The number of carbonyl (C=O) groups is 2. The summed E-state index contributed by atoms with van der Waals surface area (Å²) in [5.41, 5.74) is 0. The first-order chi connectivity index (χ1) is 4.74. The summed E-state index contributed by atoms with van der Waals surface area (Å²) in [6.07, 6.45) is -0.593. The van der Waals surface area contributed by atoms with E-state index in [1.54, 1.807) is 6.92 Å². The number of ether oxygens (including phenoxy) is 2. The highest BCUT2D eigenvalue weighted by atomic mass is 16.6. The van der Waals surface area contributed by atoms with Crippen LogP contribution in [0.25, 0.3) is 0 Å². The molecule has 0 amide bonds. The first kappa shape index (κ1) is 7.21. The van der Waals surface area contributed by atoms with Gasteiger partial charge in [0, 0.05) is 6.61 Å². The van der Waals surface area contributed by atoms with Crippen LogP contribution in [0.5, 0.6) is 0 Å². The fourth-order valence-electron chi connectivity index (χ4n) is 0.782. The Bertz CT molecular complexity index is 163. The van der Waals surface area contributed by atoms with Crippen LogP contribution < -0.4 is 0 Å². The molecule has 1 saturated heterocycles. The van der Waals surface area contributed by atoms with Crippen molar-refractivity contribution in [1.29, 1.82) is 0 Å². The third-order valence-electron chi connectivity index (χ3n) is 1.20. The summed E-state index contributed by atoms with van der Waals surface area (Å²) >= 11 is 0. The van der Waals surface area contributed by atoms with Gasteiger partial charge < -0.3 is 9.47 Å². The average molecular weight is 144 g/mol. The molecule has 56 valence electrons. The number of rotatable bonds is 2. The molecule has 0 N–H and O–H groups in total. The topological polar surface area (TPSA) is 52.6 Å². The van der Waals surface area contributed by atoms with Crippen molar-refractivity contribution >= 4 is 11.9 Å². The Morgan fingerprint density at radius 2 is 2.40 bits per heavy atom. The van der Waals surface area contributed by atoms with Crippen molar-refractivity contribution in [2.24, 2.45) is 0 Å². The van der Waals surface area contributed by atoms with Crippen LogP contribution in [0.2, 0.25) is 0 Å². The lowest BCUT2D eigenvalue weighted by Crippen LogP contribution is -2.17. The maximum atomic E-state index is 10.6. The first-order valence-corrected chi connectivity index (χ1v) is 3.10. The van der Waals surface area contributed by atoms with Crippen molar-refractivity contribution in [3.8, 4) is 0 Å². The molecule has 0 spiro atoms. The monoisotopic (exact) mass is 144 g/mol. The van der Waals surface area contributed by atoms with E-state index in [9.17, 15) is 9.59 Å². The van der Waals surface area contributed by atoms with E-state index in [2.05, 4.69) is 4.74 Å². The van der Waals surface area contributed by atoms with Gasteiger partial charge in [0.1, 0.15) is 0 Å². The molecule has 0 saturated carbocycles. The summed E-state index contributed by atoms with van der Waals surface area (Å²) in [6.45, 7) is 2.18. The molecule has 0 aromatic rings. The Morgan fingerprint density at radius 1 is 1.70 bits per heavy atom. The van der Waals surface area contributed by atoms with Gasteiger partial charge in [0.15, 0.2) is 6.10 Å². The van der Waals surface area contributed by atoms with Gasteiger partial charge in [-0.05, 0) is 6.92 Å². The minimum atomic E-state index is -0.655. The van der Waals surface area contributed by atoms with Crippen LogP contribution >= 0.6 is 0 Å². The van der Waals surface area contributed by atoms with Crippen molar-refractivity contribution in [3.05, 3.63) is 0 Å². The summed E-state index contributed by atoms with van der Waals surface area (Å²) in [6, 6.07) is 0. The minimum absolute atomic E-state index is 0.0622. The van der Waals surface area contributed by atoms with Gasteiger partial charge >= 0.3 is 11.9 Å². The molecule has 1 rings (SSSR count). The van der Waals surface area contributed by atoms with Gasteiger partial charge in [0.2, 0.25) is 0 Å². The Balaban J connectivity index is 2.46. The van der Waals surface area contributed by atoms with Gasteiger partial charge in [0.25, 0.3) is 0 Å². The molecule has 0 aromatic carbocycles. The Labute approximate surface area is 58.1 Å². The molecule has 0 aliphatic carbocycles. The lowest BCUT2D eigenvalue weighted by atomic mass is 10.3. The van der Waals surface area contributed by atoms with Crippen molar-refractivity contribution in [1.82, 2.24) is 0 Å². The predicted molar refractivity (Wildman–Crippen MR) is 31.1 cm³/mol. The zero-order valence-corrected chi connectivity index (χ0v) is 5.62. The van der Waals surface area contributed by atoms with Crippen LogP contribution in [0.4, 0.5) is 0 Å². The van der Waals surface area contributed by atoms with Crippen LogP contribution in [-0.4, -0.2) is 24.6 Å². The highest BCUT2D eigenvalue weighted by Crippen LogP contribution is 2.10. The molecule has 0 aromatic heterocycles. The summed E-state index contributed by atoms with van der Waals surface area (Å²) in [7, 11) is 0. The van der Waals surface area contributed by atoms with E-state index in [4.69, 9.17) is 4.74 Å². The fraction of sp³-hybridized carbons (Fsp3) is 0.667. The van der Waals surface area contributed by atoms with Crippen LogP contribution in [0, 0.1) is 0 Å². The average Bonchev–Trinajstić information content (AvgIpc) is 2.13. The third-order valence-corrected chi connectivity index (χ3v) is 1.20. The quantitative estimate of drug-likeness (QED) is 0.400. The molecule has 1 aliphatic heterocycles. The van der Waals surface area contributed by atoms with Crippen LogP contribution in [0.1, 0.15) is 13.3 Å².